The molecule has 6 heteroatoms. The van der Waals surface area contributed by atoms with E-state index in [0.29, 0.717) is 36.6 Å². The molecule has 1 heterocycles. The van der Waals surface area contributed by atoms with Crippen LogP contribution in [0.25, 0.3) is 11.3 Å². The summed E-state index contributed by atoms with van der Waals surface area (Å²) in [6.45, 7) is 1.31. The number of aromatic nitrogens is 1. The Balaban J connectivity index is 1.89. The van der Waals surface area contributed by atoms with E-state index in [1.165, 1.54) is 12.3 Å². The lowest BCUT2D eigenvalue weighted by atomic mass is 10.2. The van der Waals surface area contributed by atoms with Crippen LogP contribution in [-0.2, 0) is 11.2 Å². The lowest BCUT2D eigenvalue weighted by Crippen LogP contribution is -2.30. The number of oxazole rings is 1. The molecule has 0 aliphatic carbocycles. The predicted octanol–water partition coefficient (Wildman–Crippen LogP) is 1.75. The van der Waals surface area contributed by atoms with Crippen LogP contribution in [0.15, 0.2) is 34.9 Å². The van der Waals surface area contributed by atoms with E-state index in [1.807, 2.05) is 7.05 Å². The molecule has 0 aliphatic rings. The molecule has 5 nitrogen and oxygen atoms in total. The van der Waals surface area contributed by atoms with Crippen molar-refractivity contribution in [2.24, 2.45) is 0 Å². The molecule has 112 valence electrons. The minimum atomic E-state index is -0.356. The fourth-order valence-electron chi connectivity index (χ4n) is 1.85. The highest BCUT2D eigenvalue weighted by Crippen LogP contribution is 2.23. The molecule has 21 heavy (non-hydrogen) atoms. The summed E-state index contributed by atoms with van der Waals surface area (Å²) in [7, 11) is 1.82. The molecule has 0 spiro atoms. The molecule has 0 bridgehead atoms. The van der Waals surface area contributed by atoms with Crippen molar-refractivity contribution in [1.82, 2.24) is 15.6 Å². The van der Waals surface area contributed by atoms with Gasteiger partial charge in [0.25, 0.3) is 0 Å². The molecular formula is C15H18FN3O2. The quantitative estimate of drug-likeness (QED) is 0.763. The molecule has 2 aromatic rings. The maximum atomic E-state index is 13.6. The third-order valence-corrected chi connectivity index (χ3v) is 2.96. The third-order valence-electron chi connectivity index (χ3n) is 2.96. The average molecular weight is 291 g/mol. The Morgan fingerprint density at radius 2 is 2.14 bits per heavy atom. The maximum Gasteiger partial charge on any atom is 0.220 e. The van der Waals surface area contributed by atoms with E-state index in [0.717, 1.165) is 6.54 Å². The average Bonchev–Trinajstić information content (AvgIpc) is 2.94. The minimum Gasteiger partial charge on any atom is -0.441 e. The van der Waals surface area contributed by atoms with Gasteiger partial charge in [0.1, 0.15) is 5.82 Å². The summed E-state index contributed by atoms with van der Waals surface area (Å²) in [4.78, 5) is 15.6. The first-order valence-corrected chi connectivity index (χ1v) is 6.81. The van der Waals surface area contributed by atoms with E-state index in [2.05, 4.69) is 15.6 Å². The van der Waals surface area contributed by atoms with E-state index in [1.54, 1.807) is 18.2 Å². The lowest BCUT2D eigenvalue weighted by molar-refractivity contribution is -0.121. The number of carbonyl (C=O) groups is 1. The molecule has 0 saturated carbocycles. The van der Waals surface area contributed by atoms with E-state index in [9.17, 15) is 9.18 Å². The Kier molecular flexibility index (Phi) is 5.45. The first-order chi connectivity index (χ1) is 10.2. The molecule has 1 aromatic carbocycles. The van der Waals surface area contributed by atoms with Crippen LogP contribution in [-0.4, -0.2) is 31.0 Å². The second kappa shape index (κ2) is 7.54. The van der Waals surface area contributed by atoms with E-state index in [4.69, 9.17) is 4.42 Å². The fraction of sp³-hybridized carbons (Fsp3) is 0.333. The van der Waals surface area contributed by atoms with Crippen molar-refractivity contribution in [1.29, 1.82) is 0 Å². The van der Waals surface area contributed by atoms with E-state index < -0.39 is 0 Å². The Hall–Kier alpha value is -2.21. The monoisotopic (exact) mass is 291 g/mol. The molecule has 1 amide bonds. The van der Waals surface area contributed by atoms with E-state index in [-0.39, 0.29) is 11.7 Å². The summed E-state index contributed by atoms with van der Waals surface area (Å²) in [6, 6.07) is 6.35. The molecular weight excluding hydrogens is 273 g/mol. The second-order valence-electron chi connectivity index (χ2n) is 4.55. The van der Waals surface area contributed by atoms with Crippen molar-refractivity contribution >= 4 is 5.91 Å². The summed E-state index contributed by atoms with van der Waals surface area (Å²) < 4.78 is 19.1. The van der Waals surface area contributed by atoms with Gasteiger partial charge >= 0.3 is 0 Å². The summed E-state index contributed by atoms with van der Waals surface area (Å²) in [6.07, 6.45) is 2.16. The zero-order valence-corrected chi connectivity index (χ0v) is 11.9. The number of likely N-dealkylation sites (N-methyl/N-ethyl adjacent to an activating group) is 1. The van der Waals surface area contributed by atoms with Gasteiger partial charge < -0.3 is 15.1 Å². The van der Waals surface area contributed by atoms with Gasteiger partial charge in [-0.25, -0.2) is 9.37 Å². The Morgan fingerprint density at radius 1 is 1.33 bits per heavy atom. The van der Waals surface area contributed by atoms with Crippen molar-refractivity contribution in [2.45, 2.75) is 12.8 Å². The number of amides is 1. The summed E-state index contributed by atoms with van der Waals surface area (Å²) in [5.41, 5.74) is 0.370. The van der Waals surface area contributed by atoms with Gasteiger partial charge in [0.2, 0.25) is 5.91 Å². The number of nitrogens with one attached hydrogen (secondary N) is 2. The van der Waals surface area contributed by atoms with Gasteiger partial charge in [-0.05, 0) is 19.2 Å². The van der Waals surface area contributed by atoms with Crippen molar-refractivity contribution < 1.29 is 13.6 Å². The minimum absolute atomic E-state index is 0.0594. The lowest BCUT2D eigenvalue weighted by Gasteiger charge is -2.03. The molecule has 1 aromatic heterocycles. The number of aryl methyl sites for hydroxylation is 1. The standard InChI is InChI=1S/C15H18FN3O2/c1-17-8-9-18-14(20)6-7-15-19-10-13(21-15)11-4-2-3-5-12(11)16/h2-5,10,17H,6-9H2,1H3,(H,18,20). The molecule has 0 radical (unpaired) electrons. The largest absolute Gasteiger partial charge is 0.441 e. The Labute approximate surface area is 122 Å². The van der Waals surface area contributed by atoms with Gasteiger partial charge in [-0.3, -0.25) is 4.79 Å². The molecule has 0 aliphatic heterocycles. The Morgan fingerprint density at radius 3 is 2.90 bits per heavy atom. The molecule has 0 saturated heterocycles. The number of hydrogen-bond donors (Lipinski definition) is 2. The zero-order chi connectivity index (χ0) is 15.1. The topological polar surface area (TPSA) is 67.2 Å². The van der Waals surface area contributed by atoms with Crippen LogP contribution in [0.1, 0.15) is 12.3 Å². The van der Waals surface area contributed by atoms with Crippen LogP contribution < -0.4 is 10.6 Å². The van der Waals surface area contributed by atoms with Crippen LogP contribution in [0.4, 0.5) is 4.39 Å². The van der Waals surface area contributed by atoms with Gasteiger partial charge in [-0.15, -0.1) is 0 Å². The van der Waals surface area contributed by atoms with Gasteiger partial charge in [0, 0.05) is 25.9 Å². The number of halogens is 1. The zero-order valence-electron chi connectivity index (χ0n) is 11.9. The number of carbonyl (C=O) groups excluding carboxylic acids is 1. The number of benzene rings is 1. The van der Waals surface area contributed by atoms with Crippen molar-refractivity contribution in [2.75, 3.05) is 20.1 Å². The van der Waals surface area contributed by atoms with Gasteiger partial charge in [0.15, 0.2) is 11.7 Å². The highest BCUT2D eigenvalue weighted by Gasteiger charge is 2.11. The molecule has 2 rings (SSSR count). The smallest absolute Gasteiger partial charge is 0.220 e. The van der Waals surface area contributed by atoms with E-state index >= 15 is 0 Å². The molecule has 0 fully saturated rings. The summed E-state index contributed by atoms with van der Waals surface area (Å²) >= 11 is 0. The number of nitrogens with zero attached hydrogens (tertiary/aromatic N) is 1. The van der Waals surface area contributed by atoms with Crippen LogP contribution in [0.3, 0.4) is 0 Å². The Bertz CT molecular complexity index is 598. The van der Waals surface area contributed by atoms with Gasteiger partial charge in [-0.2, -0.15) is 0 Å². The summed E-state index contributed by atoms with van der Waals surface area (Å²) in [5, 5.41) is 5.71. The number of hydrogen-bond acceptors (Lipinski definition) is 4. The van der Waals surface area contributed by atoms with Gasteiger partial charge in [-0.1, -0.05) is 12.1 Å². The molecule has 2 N–H and O–H groups in total. The van der Waals surface area contributed by atoms with Crippen molar-refractivity contribution in [3.05, 3.63) is 42.2 Å². The highest BCUT2D eigenvalue weighted by molar-refractivity contribution is 5.76. The summed E-state index contributed by atoms with van der Waals surface area (Å²) in [5.74, 6) is 0.386. The highest BCUT2D eigenvalue weighted by atomic mass is 19.1. The molecule has 0 atom stereocenters. The van der Waals surface area contributed by atoms with Crippen LogP contribution in [0, 0.1) is 5.82 Å². The van der Waals surface area contributed by atoms with Gasteiger partial charge in [0.05, 0.1) is 11.8 Å². The predicted molar refractivity (Wildman–Crippen MR) is 77.2 cm³/mol. The molecule has 0 unspecified atom stereocenters. The van der Waals surface area contributed by atoms with Crippen LogP contribution in [0.5, 0.6) is 0 Å². The fourth-order valence-corrected chi connectivity index (χ4v) is 1.85. The normalized spacial score (nSPS) is 10.6. The van der Waals surface area contributed by atoms with Crippen LogP contribution in [0.2, 0.25) is 0 Å². The number of rotatable bonds is 7. The maximum absolute atomic E-state index is 13.6. The third kappa shape index (κ3) is 4.39. The second-order valence-corrected chi connectivity index (χ2v) is 4.55. The first-order valence-electron chi connectivity index (χ1n) is 6.81. The van der Waals surface area contributed by atoms with Crippen LogP contribution >= 0.6 is 0 Å². The first kappa shape index (κ1) is 15.2. The van der Waals surface area contributed by atoms with Crippen molar-refractivity contribution in [3.8, 4) is 11.3 Å². The van der Waals surface area contributed by atoms with Crippen molar-refractivity contribution in [3.63, 3.8) is 0 Å². The SMILES string of the molecule is CNCCNC(=O)CCc1ncc(-c2ccccc2F)o1.